The SMILES string of the molecule is CCc1nc2c(c(OC(C)C)c(C(=O)NCCN3CCCC3)n2C)c(=O)n1Cc1cccc(Cl)c1. The summed E-state index contributed by atoms with van der Waals surface area (Å²) in [6.07, 6.45) is 2.75. The van der Waals surface area contributed by atoms with Crippen molar-refractivity contribution in [2.24, 2.45) is 7.05 Å². The van der Waals surface area contributed by atoms with Gasteiger partial charge in [0.1, 0.15) is 11.2 Å². The minimum Gasteiger partial charge on any atom is -0.488 e. The van der Waals surface area contributed by atoms with Crippen molar-refractivity contribution in [1.82, 2.24) is 24.3 Å². The zero-order valence-electron chi connectivity index (χ0n) is 20.9. The fraction of sp³-hybridized carbons (Fsp3) is 0.500. The second-order valence-electron chi connectivity index (χ2n) is 9.31. The number of ether oxygens (including phenoxy) is 1. The highest BCUT2D eigenvalue weighted by Crippen LogP contribution is 2.31. The van der Waals surface area contributed by atoms with E-state index in [-0.39, 0.29) is 23.3 Å². The Kier molecular flexibility index (Phi) is 7.82. The van der Waals surface area contributed by atoms with E-state index in [0.29, 0.717) is 47.1 Å². The van der Waals surface area contributed by atoms with Gasteiger partial charge in [0, 0.05) is 31.6 Å². The van der Waals surface area contributed by atoms with Crippen LogP contribution in [0.15, 0.2) is 29.1 Å². The summed E-state index contributed by atoms with van der Waals surface area (Å²) in [4.78, 5) is 34.3. The third kappa shape index (κ3) is 5.38. The van der Waals surface area contributed by atoms with Crippen molar-refractivity contribution in [2.45, 2.75) is 52.7 Å². The van der Waals surface area contributed by atoms with Crippen LogP contribution in [0.1, 0.15) is 55.5 Å². The number of nitrogens with one attached hydrogen (secondary N) is 1. The van der Waals surface area contributed by atoms with Crippen molar-refractivity contribution in [1.29, 1.82) is 0 Å². The number of benzene rings is 1. The molecule has 2 aromatic heterocycles. The molecule has 0 saturated carbocycles. The first-order valence-electron chi connectivity index (χ1n) is 12.3. The third-order valence-corrected chi connectivity index (χ3v) is 6.59. The molecule has 1 aromatic carbocycles. The molecule has 1 N–H and O–H groups in total. The van der Waals surface area contributed by atoms with Crippen molar-refractivity contribution < 1.29 is 9.53 Å². The summed E-state index contributed by atoms with van der Waals surface area (Å²) in [6, 6.07) is 7.43. The number of likely N-dealkylation sites (tertiary alicyclic amines) is 1. The van der Waals surface area contributed by atoms with Gasteiger partial charge in [-0.2, -0.15) is 0 Å². The van der Waals surface area contributed by atoms with Crippen molar-refractivity contribution >= 4 is 28.5 Å². The van der Waals surface area contributed by atoms with Gasteiger partial charge in [0.05, 0.1) is 12.6 Å². The minimum absolute atomic E-state index is 0.219. The lowest BCUT2D eigenvalue weighted by Crippen LogP contribution is -2.34. The van der Waals surface area contributed by atoms with E-state index in [1.807, 2.05) is 39.0 Å². The maximum Gasteiger partial charge on any atom is 0.271 e. The number of aryl methyl sites for hydroxylation is 2. The Hall–Kier alpha value is -2.84. The third-order valence-electron chi connectivity index (χ3n) is 6.35. The van der Waals surface area contributed by atoms with Gasteiger partial charge >= 0.3 is 0 Å². The topological polar surface area (TPSA) is 81.4 Å². The number of hydrogen-bond donors (Lipinski definition) is 1. The first kappa shape index (κ1) is 25.3. The van der Waals surface area contributed by atoms with Crippen LogP contribution in [0.4, 0.5) is 0 Å². The van der Waals surface area contributed by atoms with Gasteiger partial charge in [0.15, 0.2) is 17.1 Å². The van der Waals surface area contributed by atoms with Crippen LogP contribution in [0.5, 0.6) is 5.75 Å². The molecule has 1 saturated heterocycles. The molecule has 0 unspecified atom stereocenters. The van der Waals surface area contributed by atoms with Gasteiger partial charge in [-0.05, 0) is 57.5 Å². The minimum atomic E-state index is -0.265. The second kappa shape index (κ2) is 10.8. The van der Waals surface area contributed by atoms with Crippen molar-refractivity contribution in [3.8, 4) is 5.75 Å². The number of fused-ring (bicyclic) bond motifs is 1. The summed E-state index contributed by atoms with van der Waals surface area (Å²) >= 11 is 6.17. The summed E-state index contributed by atoms with van der Waals surface area (Å²) in [5.41, 5.74) is 1.45. The van der Waals surface area contributed by atoms with Gasteiger partial charge in [-0.3, -0.25) is 14.2 Å². The van der Waals surface area contributed by atoms with Crippen LogP contribution < -0.4 is 15.6 Å². The van der Waals surface area contributed by atoms with Crippen molar-refractivity contribution in [3.05, 3.63) is 56.7 Å². The summed E-state index contributed by atoms with van der Waals surface area (Å²) < 4.78 is 9.42. The predicted molar refractivity (Wildman–Crippen MR) is 139 cm³/mol. The molecular formula is C26H34ClN5O3. The number of nitrogens with zero attached hydrogens (tertiary/aromatic N) is 4. The molecule has 35 heavy (non-hydrogen) atoms. The van der Waals surface area contributed by atoms with Crippen LogP contribution in [0.25, 0.3) is 11.0 Å². The highest BCUT2D eigenvalue weighted by Gasteiger charge is 2.28. The van der Waals surface area contributed by atoms with E-state index in [4.69, 9.17) is 21.3 Å². The molecule has 4 rings (SSSR count). The standard InChI is InChI=1S/C26H34ClN5O3/c1-5-20-29-24-21(26(34)32(20)16-18-9-8-10-19(27)15-18)23(35-17(2)3)22(30(24)4)25(33)28-11-14-31-12-6-7-13-31/h8-10,15,17H,5-7,11-14,16H2,1-4H3,(H,28,33). The Labute approximate surface area is 210 Å². The Balaban J connectivity index is 1.76. The van der Waals surface area contributed by atoms with Crippen LogP contribution in [-0.2, 0) is 20.0 Å². The van der Waals surface area contributed by atoms with Crippen LogP contribution in [0.3, 0.4) is 0 Å². The molecular weight excluding hydrogens is 466 g/mol. The number of aromatic nitrogens is 3. The molecule has 9 heteroatoms. The van der Waals surface area contributed by atoms with E-state index < -0.39 is 0 Å². The zero-order chi connectivity index (χ0) is 25.1. The van der Waals surface area contributed by atoms with Crippen LogP contribution in [0.2, 0.25) is 5.02 Å². The molecule has 0 aliphatic carbocycles. The van der Waals surface area contributed by atoms with E-state index >= 15 is 0 Å². The van der Waals surface area contributed by atoms with E-state index in [1.54, 1.807) is 22.2 Å². The number of carbonyl (C=O) groups excluding carboxylic acids is 1. The zero-order valence-corrected chi connectivity index (χ0v) is 21.7. The number of halogens is 1. The molecule has 0 bridgehead atoms. The molecule has 1 fully saturated rings. The summed E-state index contributed by atoms with van der Waals surface area (Å²) in [7, 11) is 1.76. The Morgan fingerprint density at radius 2 is 2.00 bits per heavy atom. The average molecular weight is 500 g/mol. The summed E-state index contributed by atoms with van der Waals surface area (Å²) in [5.74, 6) is 0.663. The molecule has 3 heterocycles. The normalized spacial score (nSPS) is 14.2. The smallest absolute Gasteiger partial charge is 0.271 e. The Morgan fingerprint density at radius 1 is 1.26 bits per heavy atom. The maximum atomic E-state index is 13.8. The molecule has 1 amide bonds. The first-order valence-corrected chi connectivity index (χ1v) is 12.7. The van der Waals surface area contributed by atoms with Gasteiger partial charge in [0.2, 0.25) is 0 Å². The van der Waals surface area contributed by atoms with Gasteiger partial charge in [-0.25, -0.2) is 4.98 Å². The van der Waals surface area contributed by atoms with Gasteiger partial charge in [-0.1, -0.05) is 30.7 Å². The maximum absolute atomic E-state index is 13.8. The van der Waals surface area contributed by atoms with Crippen molar-refractivity contribution in [3.63, 3.8) is 0 Å². The van der Waals surface area contributed by atoms with Gasteiger partial charge in [-0.15, -0.1) is 0 Å². The number of carbonyl (C=O) groups is 1. The van der Waals surface area contributed by atoms with E-state index in [0.717, 1.165) is 25.2 Å². The highest BCUT2D eigenvalue weighted by molar-refractivity contribution is 6.30. The van der Waals surface area contributed by atoms with E-state index in [1.165, 1.54) is 12.8 Å². The van der Waals surface area contributed by atoms with Crippen LogP contribution in [0, 0.1) is 0 Å². The van der Waals surface area contributed by atoms with Crippen LogP contribution >= 0.6 is 11.6 Å². The molecule has 0 spiro atoms. The average Bonchev–Trinajstić information content (AvgIpc) is 3.41. The summed E-state index contributed by atoms with van der Waals surface area (Å²) in [5, 5.41) is 3.95. The molecule has 3 aromatic rings. The van der Waals surface area contributed by atoms with Gasteiger partial charge in [0.25, 0.3) is 11.5 Å². The number of amides is 1. The molecule has 1 aliphatic rings. The largest absolute Gasteiger partial charge is 0.488 e. The van der Waals surface area contributed by atoms with Gasteiger partial charge < -0.3 is 19.5 Å². The molecule has 1 aliphatic heterocycles. The number of hydrogen-bond acceptors (Lipinski definition) is 5. The lowest BCUT2D eigenvalue weighted by Gasteiger charge is -2.16. The summed E-state index contributed by atoms with van der Waals surface area (Å²) in [6.45, 7) is 9.54. The Bertz CT molecular complexity index is 1270. The highest BCUT2D eigenvalue weighted by atomic mass is 35.5. The first-order chi connectivity index (χ1) is 16.8. The van der Waals surface area contributed by atoms with Crippen LogP contribution in [-0.4, -0.2) is 57.2 Å². The molecule has 188 valence electrons. The van der Waals surface area contributed by atoms with Crippen molar-refractivity contribution in [2.75, 3.05) is 26.2 Å². The molecule has 0 radical (unpaired) electrons. The predicted octanol–water partition coefficient (Wildman–Crippen LogP) is 3.61. The molecule has 0 atom stereocenters. The molecule has 8 nitrogen and oxygen atoms in total. The fourth-order valence-electron chi connectivity index (χ4n) is 4.68. The Morgan fingerprint density at radius 3 is 2.66 bits per heavy atom. The monoisotopic (exact) mass is 499 g/mol. The number of rotatable bonds is 9. The lowest BCUT2D eigenvalue weighted by molar-refractivity contribution is 0.0936. The lowest BCUT2D eigenvalue weighted by atomic mass is 10.2. The quantitative estimate of drug-likeness (QED) is 0.486. The fourth-order valence-corrected chi connectivity index (χ4v) is 4.89. The van der Waals surface area contributed by atoms with E-state index in [2.05, 4.69) is 10.2 Å². The second-order valence-corrected chi connectivity index (χ2v) is 9.75. The van der Waals surface area contributed by atoms with E-state index in [9.17, 15) is 9.59 Å².